The standard InChI is InChI=1S/C12H14N4O4/c1-19-11-5-9(4-10(6-11)16(17)18)7-13-3-2-12-14-8-20-15-12/h4-6,8,13H,2-3,7H2,1H3. The predicted molar refractivity (Wildman–Crippen MR) is 69.4 cm³/mol. The molecule has 0 saturated carbocycles. The van der Waals surface area contributed by atoms with E-state index in [0.717, 1.165) is 5.56 Å². The summed E-state index contributed by atoms with van der Waals surface area (Å²) in [6.07, 6.45) is 1.91. The molecule has 2 aromatic rings. The summed E-state index contributed by atoms with van der Waals surface area (Å²) in [6.45, 7) is 1.14. The summed E-state index contributed by atoms with van der Waals surface area (Å²) in [4.78, 5) is 14.3. The monoisotopic (exact) mass is 278 g/mol. The fourth-order valence-electron chi connectivity index (χ4n) is 1.70. The fourth-order valence-corrected chi connectivity index (χ4v) is 1.70. The van der Waals surface area contributed by atoms with Gasteiger partial charge in [0, 0.05) is 25.6 Å². The Kier molecular flexibility index (Phi) is 4.61. The zero-order chi connectivity index (χ0) is 14.4. The molecule has 20 heavy (non-hydrogen) atoms. The van der Waals surface area contributed by atoms with Gasteiger partial charge in [-0.05, 0) is 11.6 Å². The Hall–Kier alpha value is -2.48. The molecule has 0 amide bonds. The fraction of sp³-hybridized carbons (Fsp3) is 0.333. The van der Waals surface area contributed by atoms with Gasteiger partial charge in [0.15, 0.2) is 5.82 Å². The Balaban J connectivity index is 1.91. The van der Waals surface area contributed by atoms with E-state index in [1.165, 1.54) is 25.6 Å². The van der Waals surface area contributed by atoms with Gasteiger partial charge in [0.05, 0.1) is 18.1 Å². The molecule has 0 bridgehead atoms. The molecule has 0 atom stereocenters. The highest BCUT2D eigenvalue weighted by Crippen LogP contribution is 2.22. The Bertz CT molecular complexity index is 571. The maximum Gasteiger partial charge on any atom is 0.273 e. The van der Waals surface area contributed by atoms with E-state index in [1.54, 1.807) is 6.07 Å². The topological polar surface area (TPSA) is 103 Å². The number of nitro groups is 1. The molecule has 2 rings (SSSR count). The number of nitro benzene ring substituents is 1. The van der Waals surface area contributed by atoms with Crippen LogP contribution in [0.4, 0.5) is 5.69 Å². The van der Waals surface area contributed by atoms with E-state index in [0.29, 0.717) is 31.1 Å². The highest BCUT2D eigenvalue weighted by atomic mass is 16.6. The van der Waals surface area contributed by atoms with Crippen LogP contribution >= 0.6 is 0 Å². The van der Waals surface area contributed by atoms with Crippen LogP contribution in [-0.4, -0.2) is 28.7 Å². The summed E-state index contributed by atoms with van der Waals surface area (Å²) in [6, 6.07) is 4.67. The van der Waals surface area contributed by atoms with Crippen molar-refractivity contribution in [3.05, 3.63) is 46.1 Å². The molecule has 8 nitrogen and oxygen atoms in total. The quantitative estimate of drug-likeness (QED) is 0.462. The van der Waals surface area contributed by atoms with Crippen molar-refractivity contribution in [2.24, 2.45) is 0 Å². The van der Waals surface area contributed by atoms with Gasteiger partial charge >= 0.3 is 0 Å². The van der Waals surface area contributed by atoms with E-state index in [2.05, 4.69) is 20.0 Å². The van der Waals surface area contributed by atoms with Crippen LogP contribution in [0.1, 0.15) is 11.4 Å². The van der Waals surface area contributed by atoms with Crippen molar-refractivity contribution in [1.29, 1.82) is 0 Å². The van der Waals surface area contributed by atoms with Gasteiger partial charge in [-0.25, -0.2) is 0 Å². The highest BCUT2D eigenvalue weighted by Gasteiger charge is 2.10. The lowest BCUT2D eigenvalue weighted by atomic mass is 10.2. The second-order valence-electron chi connectivity index (χ2n) is 4.07. The van der Waals surface area contributed by atoms with Gasteiger partial charge in [0.1, 0.15) is 5.75 Å². The lowest BCUT2D eigenvalue weighted by Gasteiger charge is -2.06. The van der Waals surface area contributed by atoms with Crippen molar-refractivity contribution in [2.75, 3.05) is 13.7 Å². The Morgan fingerprint density at radius 1 is 1.45 bits per heavy atom. The summed E-state index contributed by atoms with van der Waals surface area (Å²) >= 11 is 0. The maximum atomic E-state index is 10.8. The van der Waals surface area contributed by atoms with Crippen LogP contribution in [0.3, 0.4) is 0 Å². The minimum atomic E-state index is -0.439. The summed E-state index contributed by atoms with van der Waals surface area (Å²) in [5.41, 5.74) is 0.795. The number of methoxy groups -OCH3 is 1. The molecule has 0 aliphatic heterocycles. The van der Waals surface area contributed by atoms with Gasteiger partial charge in [0.25, 0.3) is 5.69 Å². The van der Waals surface area contributed by atoms with E-state index in [-0.39, 0.29) is 5.69 Å². The summed E-state index contributed by atoms with van der Waals surface area (Å²) in [5.74, 6) is 1.09. The first-order chi connectivity index (χ1) is 9.69. The van der Waals surface area contributed by atoms with Gasteiger partial charge in [-0.15, -0.1) is 0 Å². The lowest BCUT2D eigenvalue weighted by Crippen LogP contribution is -2.17. The predicted octanol–water partition coefficient (Wildman–Crippen LogP) is 1.32. The summed E-state index contributed by atoms with van der Waals surface area (Å²) < 4.78 is 9.67. The van der Waals surface area contributed by atoms with E-state index in [9.17, 15) is 10.1 Å². The average molecular weight is 278 g/mol. The molecular formula is C12H14N4O4. The van der Waals surface area contributed by atoms with Crippen molar-refractivity contribution in [3.63, 3.8) is 0 Å². The van der Waals surface area contributed by atoms with Crippen molar-refractivity contribution in [2.45, 2.75) is 13.0 Å². The van der Waals surface area contributed by atoms with Crippen LogP contribution in [-0.2, 0) is 13.0 Å². The second-order valence-corrected chi connectivity index (χ2v) is 4.07. The van der Waals surface area contributed by atoms with Gasteiger partial charge in [-0.2, -0.15) is 4.98 Å². The molecule has 106 valence electrons. The highest BCUT2D eigenvalue weighted by molar-refractivity contribution is 5.42. The molecule has 1 aromatic carbocycles. The number of hydrogen-bond donors (Lipinski definition) is 1. The molecule has 8 heteroatoms. The molecule has 1 heterocycles. The number of nitrogens with zero attached hydrogens (tertiary/aromatic N) is 3. The maximum absolute atomic E-state index is 10.8. The first kappa shape index (κ1) is 13.9. The van der Waals surface area contributed by atoms with Crippen LogP contribution in [0.5, 0.6) is 5.75 Å². The van der Waals surface area contributed by atoms with Crippen molar-refractivity contribution in [3.8, 4) is 5.75 Å². The molecule has 0 aliphatic carbocycles. The number of benzene rings is 1. The van der Waals surface area contributed by atoms with Gasteiger partial charge in [-0.3, -0.25) is 10.1 Å². The number of aromatic nitrogens is 2. The van der Waals surface area contributed by atoms with Gasteiger partial charge in [0.2, 0.25) is 6.39 Å². The lowest BCUT2D eigenvalue weighted by molar-refractivity contribution is -0.385. The average Bonchev–Trinajstić information content (AvgIpc) is 2.96. The number of non-ortho nitro benzene ring substituents is 1. The van der Waals surface area contributed by atoms with Gasteiger partial charge < -0.3 is 14.6 Å². The number of nitrogens with one attached hydrogen (secondary N) is 1. The zero-order valence-electron chi connectivity index (χ0n) is 10.9. The van der Waals surface area contributed by atoms with E-state index in [4.69, 9.17) is 4.74 Å². The number of rotatable bonds is 7. The first-order valence-electron chi connectivity index (χ1n) is 5.97. The van der Waals surface area contributed by atoms with E-state index >= 15 is 0 Å². The van der Waals surface area contributed by atoms with Gasteiger partial charge in [-0.1, -0.05) is 5.16 Å². The Morgan fingerprint density at radius 3 is 2.95 bits per heavy atom. The third-order valence-corrected chi connectivity index (χ3v) is 2.66. The summed E-state index contributed by atoms with van der Waals surface area (Å²) in [5, 5.41) is 17.7. The Morgan fingerprint density at radius 2 is 2.30 bits per heavy atom. The third-order valence-electron chi connectivity index (χ3n) is 2.66. The molecule has 0 spiro atoms. The van der Waals surface area contributed by atoms with Crippen molar-refractivity contribution < 1.29 is 14.2 Å². The van der Waals surface area contributed by atoms with Crippen LogP contribution < -0.4 is 10.1 Å². The molecule has 0 radical (unpaired) electrons. The third kappa shape index (κ3) is 3.75. The molecule has 1 N–H and O–H groups in total. The van der Waals surface area contributed by atoms with E-state index in [1.807, 2.05) is 0 Å². The van der Waals surface area contributed by atoms with Crippen LogP contribution in [0, 0.1) is 10.1 Å². The van der Waals surface area contributed by atoms with Crippen molar-refractivity contribution in [1.82, 2.24) is 15.5 Å². The largest absolute Gasteiger partial charge is 0.496 e. The summed E-state index contributed by atoms with van der Waals surface area (Å²) in [7, 11) is 1.48. The molecule has 0 fully saturated rings. The van der Waals surface area contributed by atoms with Crippen LogP contribution in [0.2, 0.25) is 0 Å². The van der Waals surface area contributed by atoms with Crippen LogP contribution in [0.15, 0.2) is 29.1 Å². The Labute approximate surface area is 114 Å². The number of hydrogen-bond acceptors (Lipinski definition) is 7. The minimum absolute atomic E-state index is 0.0133. The van der Waals surface area contributed by atoms with Crippen molar-refractivity contribution >= 4 is 5.69 Å². The zero-order valence-corrected chi connectivity index (χ0v) is 10.9. The molecule has 0 saturated heterocycles. The second kappa shape index (κ2) is 6.62. The van der Waals surface area contributed by atoms with E-state index < -0.39 is 4.92 Å². The molecule has 1 aromatic heterocycles. The molecular weight excluding hydrogens is 264 g/mol. The smallest absolute Gasteiger partial charge is 0.273 e. The number of ether oxygens (including phenoxy) is 1. The SMILES string of the molecule is COc1cc(CNCCc2ncon2)cc([N+](=O)[O-])c1. The molecule has 0 aliphatic rings. The van der Waals surface area contributed by atoms with Crippen LogP contribution in [0.25, 0.3) is 0 Å². The molecule has 0 unspecified atom stereocenters. The first-order valence-corrected chi connectivity index (χ1v) is 5.97. The normalized spacial score (nSPS) is 10.4. The minimum Gasteiger partial charge on any atom is -0.496 e.